The van der Waals surface area contributed by atoms with E-state index in [-0.39, 0.29) is 0 Å². The van der Waals surface area contributed by atoms with Crippen molar-refractivity contribution < 1.29 is 0 Å². The summed E-state index contributed by atoms with van der Waals surface area (Å²) in [6, 6.07) is 11.6. The molecule has 0 bridgehead atoms. The minimum absolute atomic E-state index is 0.549. The third-order valence-electron chi connectivity index (χ3n) is 4.40. The Hall–Kier alpha value is -0.860. The average molecular weight is 258 g/mol. The van der Waals surface area contributed by atoms with Gasteiger partial charge in [-0.25, -0.2) is 0 Å². The molecule has 2 aliphatic rings. The second-order valence-corrected chi connectivity index (χ2v) is 6.32. The van der Waals surface area contributed by atoms with E-state index in [0.717, 1.165) is 18.4 Å². The largest absolute Gasteiger partial charge is 0.318 e. The third-order valence-corrected chi connectivity index (χ3v) is 4.40. The highest BCUT2D eigenvalue weighted by molar-refractivity contribution is 5.19. The second kappa shape index (κ2) is 6.06. The van der Waals surface area contributed by atoms with Crippen LogP contribution < -0.4 is 5.32 Å². The second-order valence-electron chi connectivity index (χ2n) is 6.32. The van der Waals surface area contributed by atoms with Gasteiger partial charge in [-0.2, -0.15) is 0 Å². The van der Waals surface area contributed by atoms with Crippen LogP contribution in [0.5, 0.6) is 0 Å². The van der Waals surface area contributed by atoms with Crippen molar-refractivity contribution >= 4 is 0 Å². The highest BCUT2D eigenvalue weighted by atomic mass is 15.2. The molecule has 19 heavy (non-hydrogen) atoms. The molecule has 0 aromatic heterocycles. The Morgan fingerprint density at radius 3 is 2.11 bits per heavy atom. The minimum Gasteiger partial charge on any atom is -0.318 e. The van der Waals surface area contributed by atoms with Gasteiger partial charge in [-0.15, -0.1) is 0 Å². The van der Waals surface area contributed by atoms with E-state index in [1.54, 1.807) is 0 Å². The zero-order valence-electron chi connectivity index (χ0n) is 12.0. The maximum atomic E-state index is 3.39. The number of benzene rings is 1. The van der Waals surface area contributed by atoms with Crippen molar-refractivity contribution in [2.45, 2.75) is 31.7 Å². The lowest BCUT2D eigenvalue weighted by Gasteiger charge is -2.32. The molecular formula is C17H26N2. The Kier molecular flexibility index (Phi) is 4.19. The molecule has 2 aliphatic carbocycles. The Morgan fingerprint density at radius 1 is 1.05 bits per heavy atom. The Bertz CT molecular complexity index is 368. The molecule has 1 aromatic rings. The fourth-order valence-electron chi connectivity index (χ4n) is 2.92. The summed E-state index contributed by atoms with van der Waals surface area (Å²) in [5, 5.41) is 3.39. The molecule has 0 saturated heterocycles. The van der Waals surface area contributed by atoms with Crippen LogP contribution >= 0.6 is 0 Å². The number of rotatable bonds is 8. The summed E-state index contributed by atoms with van der Waals surface area (Å²) in [6.45, 7) is 3.67. The average Bonchev–Trinajstić information content (AvgIpc) is 3.32. The van der Waals surface area contributed by atoms with Crippen molar-refractivity contribution in [3.63, 3.8) is 0 Å². The van der Waals surface area contributed by atoms with E-state index >= 15 is 0 Å². The Labute approximate surface area is 117 Å². The van der Waals surface area contributed by atoms with Crippen LogP contribution in [0.4, 0.5) is 0 Å². The molecule has 2 fully saturated rings. The first-order valence-corrected chi connectivity index (χ1v) is 7.80. The lowest BCUT2D eigenvalue weighted by atomic mass is 10.0. The molecule has 0 amide bonds. The predicted molar refractivity (Wildman–Crippen MR) is 80.1 cm³/mol. The summed E-state index contributed by atoms with van der Waals surface area (Å²) in [6.07, 6.45) is 5.79. The zero-order chi connectivity index (χ0) is 13.1. The normalized spacial score (nSPS) is 20.7. The lowest BCUT2D eigenvalue weighted by Crippen LogP contribution is -2.37. The fourth-order valence-corrected chi connectivity index (χ4v) is 2.92. The van der Waals surface area contributed by atoms with E-state index in [9.17, 15) is 0 Å². The molecule has 0 radical (unpaired) electrons. The molecule has 2 saturated carbocycles. The van der Waals surface area contributed by atoms with Gasteiger partial charge in [0.1, 0.15) is 0 Å². The van der Waals surface area contributed by atoms with Gasteiger partial charge in [-0.05, 0) is 50.1 Å². The molecular weight excluding hydrogens is 232 g/mol. The van der Waals surface area contributed by atoms with Gasteiger partial charge in [0.2, 0.25) is 0 Å². The van der Waals surface area contributed by atoms with Crippen LogP contribution in [0, 0.1) is 11.8 Å². The van der Waals surface area contributed by atoms with Gasteiger partial charge in [-0.1, -0.05) is 30.3 Å². The summed E-state index contributed by atoms with van der Waals surface area (Å²) in [7, 11) is 2.07. The number of likely N-dealkylation sites (N-methyl/N-ethyl adjacent to an activating group) is 1. The van der Waals surface area contributed by atoms with Crippen LogP contribution in [0.1, 0.15) is 37.3 Å². The quantitative estimate of drug-likeness (QED) is 0.771. The molecule has 0 spiro atoms. The maximum absolute atomic E-state index is 3.39. The van der Waals surface area contributed by atoms with Crippen LogP contribution in [-0.2, 0) is 0 Å². The van der Waals surface area contributed by atoms with Gasteiger partial charge >= 0.3 is 0 Å². The Morgan fingerprint density at radius 2 is 1.63 bits per heavy atom. The standard InChI is InChI=1S/C17H26N2/c1-18-11-17(16-5-3-2-4-6-16)19(12-14-7-8-14)13-15-9-10-15/h2-6,14-15,17-18H,7-13H2,1H3. The third kappa shape index (κ3) is 3.80. The molecule has 1 N–H and O–H groups in total. The van der Waals surface area contributed by atoms with E-state index in [4.69, 9.17) is 0 Å². The fraction of sp³-hybridized carbons (Fsp3) is 0.647. The van der Waals surface area contributed by atoms with Crippen LogP contribution in [0.2, 0.25) is 0 Å². The summed E-state index contributed by atoms with van der Waals surface area (Å²) in [5.41, 5.74) is 1.47. The highest BCUT2D eigenvalue weighted by Crippen LogP contribution is 2.37. The van der Waals surface area contributed by atoms with Crippen LogP contribution in [0.15, 0.2) is 30.3 Å². The van der Waals surface area contributed by atoms with E-state index in [1.165, 1.54) is 44.3 Å². The number of nitrogens with one attached hydrogen (secondary N) is 1. The topological polar surface area (TPSA) is 15.3 Å². The van der Waals surface area contributed by atoms with Crippen molar-refractivity contribution in [3.05, 3.63) is 35.9 Å². The Balaban J connectivity index is 1.73. The minimum atomic E-state index is 0.549. The van der Waals surface area contributed by atoms with E-state index in [2.05, 4.69) is 47.6 Å². The van der Waals surface area contributed by atoms with E-state index in [0.29, 0.717) is 6.04 Å². The first-order valence-electron chi connectivity index (χ1n) is 7.80. The number of hydrogen-bond donors (Lipinski definition) is 1. The molecule has 1 atom stereocenters. The molecule has 0 heterocycles. The van der Waals surface area contributed by atoms with Gasteiger partial charge < -0.3 is 5.32 Å². The van der Waals surface area contributed by atoms with Crippen molar-refractivity contribution in [2.75, 3.05) is 26.7 Å². The molecule has 2 heteroatoms. The van der Waals surface area contributed by atoms with Gasteiger partial charge in [0.05, 0.1) is 0 Å². The van der Waals surface area contributed by atoms with Crippen molar-refractivity contribution in [2.24, 2.45) is 11.8 Å². The first-order chi connectivity index (χ1) is 9.36. The first kappa shape index (κ1) is 13.1. The van der Waals surface area contributed by atoms with Crippen LogP contribution in [0.3, 0.4) is 0 Å². The lowest BCUT2D eigenvalue weighted by molar-refractivity contribution is 0.178. The smallest absolute Gasteiger partial charge is 0.0472 e. The summed E-state index contributed by atoms with van der Waals surface area (Å²) in [5.74, 6) is 1.95. The van der Waals surface area contributed by atoms with Crippen LogP contribution in [0.25, 0.3) is 0 Å². The molecule has 0 aliphatic heterocycles. The SMILES string of the molecule is CNCC(c1ccccc1)N(CC1CC1)CC1CC1. The van der Waals surface area contributed by atoms with Gasteiger partial charge in [-0.3, -0.25) is 4.90 Å². The van der Waals surface area contributed by atoms with Gasteiger partial charge in [0.25, 0.3) is 0 Å². The molecule has 2 nitrogen and oxygen atoms in total. The molecule has 3 rings (SSSR count). The van der Waals surface area contributed by atoms with Gasteiger partial charge in [0.15, 0.2) is 0 Å². The van der Waals surface area contributed by atoms with E-state index < -0.39 is 0 Å². The predicted octanol–water partition coefficient (Wildman–Crippen LogP) is 3.07. The monoisotopic (exact) mass is 258 g/mol. The maximum Gasteiger partial charge on any atom is 0.0472 e. The van der Waals surface area contributed by atoms with Crippen molar-refractivity contribution in [3.8, 4) is 0 Å². The summed E-state index contributed by atoms with van der Waals surface area (Å²) in [4.78, 5) is 2.75. The van der Waals surface area contributed by atoms with Crippen LogP contribution in [-0.4, -0.2) is 31.6 Å². The summed E-state index contributed by atoms with van der Waals surface area (Å²) < 4.78 is 0. The highest BCUT2D eigenvalue weighted by Gasteiger charge is 2.32. The van der Waals surface area contributed by atoms with E-state index in [1.807, 2.05) is 0 Å². The number of nitrogens with zero attached hydrogens (tertiary/aromatic N) is 1. The van der Waals surface area contributed by atoms with Crippen molar-refractivity contribution in [1.29, 1.82) is 0 Å². The zero-order valence-corrected chi connectivity index (χ0v) is 12.0. The van der Waals surface area contributed by atoms with Crippen molar-refractivity contribution in [1.82, 2.24) is 10.2 Å². The molecule has 1 unspecified atom stereocenters. The summed E-state index contributed by atoms with van der Waals surface area (Å²) >= 11 is 0. The van der Waals surface area contributed by atoms with Gasteiger partial charge in [0, 0.05) is 25.7 Å². The molecule has 1 aromatic carbocycles. The number of hydrogen-bond acceptors (Lipinski definition) is 2. The molecule has 104 valence electrons.